The Hall–Kier alpha value is -1.65. The van der Waals surface area contributed by atoms with Crippen LogP contribution in [-0.2, 0) is 0 Å². The Balaban J connectivity index is 1.78. The summed E-state index contributed by atoms with van der Waals surface area (Å²) in [6.45, 7) is 2.84. The first-order chi connectivity index (χ1) is 8.79. The first-order valence-electron chi connectivity index (χ1n) is 6.68. The van der Waals surface area contributed by atoms with Crippen molar-refractivity contribution < 1.29 is 4.79 Å². The number of amides is 1. The minimum atomic E-state index is -0.142. The molecule has 0 saturated heterocycles. The van der Waals surface area contributed by atoms with Crippen LogP contribution < -0.4 is 10.6 Å². The Morgan fingerprint density at radius 1 is 1.33 bits per heavy atom. The zero-order valence-corrected chi connectivity index (χ0v) is 10.8. The number of unbranched alkanes of at least 4 members (excludes halogenated alkanes) is 2. The summed E-state index contributed by atoms with van der Waals surface area (Å²) in [6.07, 6.45) is 5.69. The van der Waals surface area contributed by atoms with E-state index in [1.165, 1.54) is 12.8 Å². The van der Waals surface area contributed by atoms with Crippen molar-refractivity contribution in [3.63, 3.8) is 0 Å². The van der Waals surface area contributed by atoms with Gasteiger partial charge in [0, 0.05) is 12.6 Å². The summed E-state index contributed by atoms with van der Waals surface area (Å²) in [6, 6.07) is 4.08. The van der Waals surface area contributed by atoms with Crippen LogP contribution in [0.5, 0.6) is 0 Å². The Kier molecular flexibility index (Phi) is 4.50. The second kappa shape index (κ2) is 6.33. The normalized spacial score (nSPS) is 14.3. The first kappa shape index (κ1) is 12.8. The zero-order chi connectivity index (χ0) is 12.8. The van der Waals surface area contributed by atoms with Crippen LogP contribution in [0.15, 0.2) is 12.1 Å². The van der Waals surface area contributed by atoms with Crippen LogP contribution in [0.2, 0.25) is 0 Å². The number of rotatable bonds is 7. The largest absolute Gasteiger partial charge is 0.366 e. The van der Waals surface area contributed by atoms with Gasteiger partial charge in [-0.25, -0.2) is 0 Å². The molecule has 5 heteroatoms. The molecule has 1 aromatic rings. The van der Waals surface area contributed by atoms with Crippen molar-refractivity contribution in [2.24, 2.45) is 0 Å². The molecule has 2 N–H and O–H groups in total. The molecule has 1 heterocycles. The number of carbonyl (C=O) groups excluding carboxylic acids is 1. The minimum Gasteiger partial charge on any atom is -0.366 e. The van der Waals surface area contributed by atoms with E-state index in [9.17, 15) is 4.79 Å². The van der Waals surface area contributed by atoms with Crippen molar-refractivity contribution >= 4 is 11.7 Å². The van der Waals surface area contributed by atoms with Gasteiger partial charge in [-0.15, -0.1) is 10.2 Å². The zero-order valence-electron chi connectivity index (χ0n) is 10.8. The van der Waals surface area contributed by atoms with Gasteiger partial charge in [-0.2, -0.15) is 0 Å². The molecule has 0 bridgehead atoms. The molecule has 0 radical (unpaired) electrons. The molecule has 18 heavy (non-hydrogen) atoms. The third kappa shape index (κ3) is 3.98. The van der Waals surface area contributed by atoms with Crippen molar-refractivity contribution in [2.75, 3.05) is 11.9 Å². The molecule has 98 valence electrons. The van der Waals surface area contributed by atoms with E-state index in [0.717, 1.165) is 25.1 Å². The molecule has 1 aliphatic rings. The van der Waals surface area contributed by atoms with Crippen LogP contribution in [0.25, 0.3) is 0 Å². The van der Waals surface area contributed by atoms with Gasteiger partial charge in [0.25, 0.3) is 5.91 Å². The number of carbonyl (C=O) groups is 1. The third-order valence-corrected chi connectivity index (χ3v) is 2.89. The molecule has 2 rings (SSSR count). The number of aromatic nitrogens is 2. The Morgan fingerprint density at radius 3 is 2.78 bits per heavy atom. The number of nitrogens with one attached hydrogen (secondary N) is 2. The number of nitrogens with zero attached hydrogens (tertiary/aromatic N) is 2. The van der Waals surface area contributed by atoms with Crippen molar-refractivity contribution in [3.8, 4) is 0 Å². The average Bonchev–Trinajstić information content (AvgIpc) is 3.19. The third-order valence-electron chi connectivity index (χ3n) is 2.89. The first-order valence-corrected chi connectivity index (χ1v) is 6.68. The highest BCUT2D eigenvalue weighted by Gasteiger charge is 2.21. The Bertz CT molecular complexity index is 386. The summed E-state index contributed by atoms with van der Waals surface area (Å²) < 4.78 is 0. The maximum absolute atomic E-state index is 11.7. The van der Waals surface area contributed by atoms with Gasteiger partial charge in [0.2, 0.25) is 0 Å². The summed E-state index contributed by atoms with van der Waals surface area (Å²) >= 11 is 0. The van der Waals surface area contributed by atoms with Crippen LogP contribution in [0.4, 0.5) is 5.82 Å². The van der Waals surface area contributed by atoms with E-state index >= 15 is 0 Å². The highest BCUT2D eigenvalue weighted by molar-refractivity contribution is 5.92. The fourth-order valence-corrected chi connectivity index (χ4v) is 1.63. The monoisotopic (exact) mass is 248 g/mol. The quantitative estimate of drug-likeness (QED) is 0.724. The standard InChI is InChI=1S/C13H20N4O/c1-2-3-4-9-14-13(18)11-7-8-12(17-16-11)15-10-5-6-10/h7-8,10H,2-6,9H2,1H3,(H,14,18)(H,15,17). The predicted molar refractivity (Wildman–Crippen MR) is 70.5 cm³/mol. The van der Waals surface area contributed by atoms with Gasteiger partial charge in [0.1, 0.15) is 5.82 Å². The highest BCUT2D eigenvalue weighted by atomic mass is 16.1. The van der Waals surface area contributed by atoms with E-state index in [-0.39, 0.29) is 5.91 Å². The molecule has 0 unspecified atom stereocenters. The Morgan fingerprint density at radius 2 is 2.17 bits per heavy atom. The van der Waals surface area contributed by atoms with Gasteiger partial charge in [-0.1, -0.05) is 19.8 Å². The van der Waals surface area contributed by atoms with Gasteiger partial charge in [0.05, 0.1) is 0 Å². The molecule has 1 aromatic heterocycles. The highest BCUT2D eigenvalue weighted by Crippen LogP contribution is 2.23. The second-order valence-electron chi connectivity index (χ2n) is 4.69. The molecule has 0 aliphatic heterocycles. The lowest BCUT2D eigenvalue weighted by Gasteiger charge is -2.05. The molecular weight excluding hydrogens is 228 g/mol. The number of hydrogen-bond acceptors (Lipinski definition) is 4. The van der Waals surface area contributed by atoms with E-state index in [1.807, 2.05) is 6.07 Å². The molecule has 1 aliphatic carbocycles. The molecule has 0 aromatic carbocycles. The van der Waals surface area contributed by atoms with Crippen molar-refractivity contribution in [1.82, 2.24) is 15.5 Å². The number of hydrogen-bond donors (Lipinski definition) is 2. The van der Waals surface area contributed by atoms with Crippen LogP contribution in [0.3, 0.4) is 0 Å². The van der Waals surface area contributed by atoms with Crippen molar-refractivity contribution in [1.29, 1.82) is 0 Å². The van der Waals surface area contributed by atoms with Gasteiger partial charge >= 0.3 is 0 Å². The van der Waals surface area contributed by atoms with Crippen LogP contribution in [-0.4, -0.2) is 28.7 Å². The molecule has 1 fully saturated rings. The van der Waals surface area contributed by atoms with E-state index in [0.29, 0.717) is 18.3 Å². The van der Waals surface area contributed by atoms with Gasteiger partial charge in [0.15, 0.2) is 5.69 Å². The molecule has 5 nitrogen and oxygen atoms in total. The topological polar surface area (TPSA) is 66.9 Å². The lowest BCUT2D eigenvalue weighted by atomic mass is 10.2. The molecule has 1 amide bonds. The van der Waals surface area contributed by atoms with Gasteiger partial charge < -0.3 is 10.6 Å². The van der Waals surface area contributed by atoms with Gasteiger partial charge in [-0.05, 0) is 31.4 Å². The second-order valence-corrected chi connectivity index (χ2v) is 4.69. The summed E-state index contributed by atoms with van der Waals surface area (Å²) in [5, 5.41) is 14.0. The molecule has 0 atom stereocenters. The fraction of sp³-hybridized carbons (Fsp3) is 0.615. The summed E-state index contributed by atoms with van der Waals surface area (Å²) in [5.41, 5.74) is 0.382. The maximum atomic E-state index is 11.7. The smallest absolute Gasteiger partial charge is 0.271 e. The minimum absolute atomic E-state index is 0.142. The van der Waals surface area contributed by atoms with E-state index in [4.69, 9.17) is 0 Å². The molecular formula is C13H20N4O. The lowest BCUT2D eigenvalue weighted by Crippen LogP contribution is -2.25. The summed E-state index contributed by atoms with van der Waals surface area (Å²) in [4.78, 5) is 11.7. The van der Waals surface area contributed by atoms with Crippen molar-refractivity contribution in [2.45, 2.75) is 45.1 Å². The Labute approximate surface area is 107 Å². The summed E-state index contributed by atoms with van der Waals surface area (Å²) in [5.74, 6) is 0.608. The van der Waals surface area contributed by atoms with E-state index < -0.39 is 0 Å². The fourth-order valence-electron chi connectivity index (χ4n) is 1.63. The maximum Gasteiger partial charge on any atom is 0.271 e. The SMILES string of the molecule is CCCCCNC(=O)c1ccc(NC2CC2)nn1. The average molecular weight is 248 g/mol. The van der Waals surface area contributed by atoms with E-state index in [1.54, 1.807) is 6.07 Å². The summed E-state index contributed by atoms with van der Waals surface area (Å²) in [7, 11) is 0. The predicted octanol–water partition coefficient (Wildman–Crippen LogP) is 1.97. The van der Waals surface area contributed by atoms with Gasteiger partial charge in [-0.3, -0.25) is 4.79 Å². The van der Waals surface area contributed by atoms with Crippen molar-refractivity contribution in [3.05, 3.63) is 17.8 Å². The van der Waals surface area contributed by atoms with Crippen LogP contribution in [0, 0.1) is 0 Å². The number of anilines is 1. The van der Waals surface area contributed by atoms with Crippen LogP contribution >= 0.6 is 0 Å². The van der Waals surface area contributed by atoms with Crippen LogP contribution in [0.1, 0.15) is 49.5 Å². The molecule has 0 spiro atoms. The molecule has 1 saturated carbocycles. The van der Waals surface area contributed by atoms with E-state index in [2.05, 4.69) is 27.8 Å². The lowest BCUT2D eigenvalue weighted by molar-refractivity contribution is 0.0947.